The first-order chi connectivity index (χ1) is 14.9. The van der Waals surface area contributed by atoms with Gasteiger partial charge in [0.1, 0.15) is 5.82 Å². The molecule has 31 heavy (non-hydrogen) atoms. The third-order valence-electron chi connectivity index (χ3n) is 4.92. The average molecular weight is 436 g/mol. The van der Waals surface area contributed by atoms with Crippen LogP contribution in [0.25, 0.3) is 27.3 Å². The van der Waals surface area contributed by atoms with Crippen molar-refractivity contribution in [3.05, 3.63) is 47.5 Å². The van der Waals surface area contributed by atoms with Gasteiger partial charge in [0.25, 0.3) is 0 Å². The lowest BCUT2D eigenvalue weighted by Crippen LogP contribution is -2.49. The van der Waals surface area contributed by atoms with Crippen molar-refractivity contribution in [3.8, 4) is 11.1 Å². The lowest BCUT2D eigenvalue weighted by molar-refractivity contribution is -0.134. The number of thiophene rings is 1. The summed E-state index contributed by atoms with van der Waals surface area (Å²) in [4.78, 5) is 41.0. The van der Waals surface area contributed by atoms with Crippen molar-refractivity contribution < 1.29 is 14.4 Å². The normalized spacial score (nSPS) is 14.1. The third-order valence-corrected chi connectivity index (χ3v) is 5.95. The van der Waals surface area contributed by atoms with Crippen molar-refractivity contribution in [1.29, 1.82) is 0 Å². The van der Waals surface area contributed by atoms with E-state index in [-0.39, 0.29) is 24.3 Å². The first-order valence-electron chi connectivity index (χ1n) is 9.70. The van der Waals surface area contributed by atoms with E-state index in [0.29, 0.717) is 18.9 Å². The number of benzene rings is 1. The van der Waals surface area contributed by atoms with E-state index >= 15 is 0 Å². The Morgan fingerprint density at radius 1 is 1.29 bits per heavy atom. The fraction of sp³-hybridized carbons (Fsp3) is 0.182. The van der Waals surface area contributed by atoms with Gasteiger partial charge in [-0.1, -0.05) is 12.1 Å². The van der Waals surface area contributed by atoms with E-state index in [1.807, 2.05) is 29.6 Å². The minimum atomic E-state index is -0.217. The van der Waals surface area contributed by atoms with Gasteiger partial charge in [-0.05, 0) is 29.2 Å². The van der Waals surface area contributed by atoms with Gasteiger partial charge in [-0.25, -0.2) is 4.98 Å². The van der Waals surface area contributed by atoms with E-state index in [1.54, 1.807) is 12.3 Å². The monoisotopic (exact) mass is 435 g/mol. The molecule has 0 radical (unpaired) electrons. The van der Waals surface area contributed by atoms with Crippen LogP contribution in [0.3, 0.4) is 0 Å². The standard InChI is InChI=1S/C22H21N5O3S/c1-13(28)26-16-5-2-14(3-6-16)17-12-31-21-15(10-25-22(23)20(17)21)4-7-19(30)27-9-8-24-18(29)11-27/h2-7,10,12H,8-9,11H2,1H3,(H2,23,25)(H,24,29)(H,26,28)/b7-4+. The van der Waals surface area contributed by atoms with Crippen LogP contribution >= 0.6 is 11.3 Å². The molecule has 2 aromatic heterocycles. The fourth-order valence-corrected chi connectivity index (χ4v) is 4.53. The van der Waals surface area contributed by atoms with Crippen molar-refractivity contribution in [2.45, 2.75) is 6.92 Å². The summed E-state index contributed by atoms with van der Waals surface area (Å²) in [6, 6.07) is 7.50. The van der Waals surface area contributed by atoms with Crippen molar-refractivity contribution in [2.24, 2.45) is 0 Å². The maximum atomic E-state index is 12.4. The van der Waals surface area contributed by atoms with Crippen molar-refractivity contribution in [3.63, 3.8) is 0 Å². The van der Waals surface area contributed by atoms with Crippen molar-refractivity contribution >= 4 is 56.7 Å². The number of nitrogens with two attached hydrogens (primary N) is 1. The number of fused-ring (bicyclic) bond motifs is 1. The topological polar surface area (TPSA) is 117 Å². The van der Waals surface area contributed by atoms with Crippen LogP contribution in [0.1, 0.15) is 12.5 Å². The van der Waals surface area contributed by atoms with Gasteiger partial charge in [-0.15, -0.1) is 11.3 Å². The molecular weight excluding hydrogens is 414 g/mol. The number of carbonyl (C=O) groups is 3. The summed E-state index contributed by atoms with van der Waals surface area (Å²) in [7, 11) is 0. The number of nitrogens with one attached hydrogen (secondary N) is 2. The first kappa shape index (κ1) is 20.5. The Bertz CT molecular complexity index is 1200. The molecule has 1 aliphatic rings. The smallest absolute Gasteiger partial charge is 0.247 e. The van der Waals surface area contributed by atoms with Gasteiger partial charge < -0.3 is 21.3 Å². The van der Waals surface area contributed by atoms with Crippen LogP contribution < -0.4 is 16.4 Å². The molecule has 1 aliphatic heterocycles. The zero-order chi connectivity index (χ0) is 22.0. The van der Waals surface area contributed by atoms with Crippen LogP contribution in [-0.4, -0.2) is 47.2 Å². The molecule has 158 valence electrons. The molecule has 3 heterocycles. The van der Waals surface area contributed by atoms with Crippen LogP contribution in [-0.2, 0) is 14.4 Å². The molecule has 1 aromatic carbocycles. The number of anilines is 2. The molecule has 0 spiro atoms. The summed E-state index contributed by atoms with van der Waals surface area (Å²) in [6.45, 7) is 2.48. The van der Waals surface area contributed by atoms with Crippen molar-refractivity contribution in [2.75, 3.05) is 30.7 Å². The number of aromatic nitrogens is 1. The maximum Gasteiger partial charge on any atom is 0.247 e. The highest BCUT2D eigenvalue weighted by molar-refractivity contribution is 7.18. The first-order valence-corrected chi connectivity index (χ1v) is 10.6. The number of pyridine rings is 1. The van der Waals surface area contributed by atoms with Gasteiger partial charge in [-0.3, -0.25) is 14.4 Å². The number of hydrogen-bond acceptors (Lipinski definition) is 6. The van der Waals surface area contributed by atoms with Gasteiger partial charge in [0.15, 0.2) is 0 Å². The Morgan fingerprint density at radius 3 is 2.77 bits per heavy atom. The van der Waals surface area contributed by atoms with E-state index in [2.05, 4.69) is 15.6 Å². The second kappa shape index (κ2) is 8.57. The van der Waals surface area contributed by atoms with Crippen LogP contribution in [0.15, 0.2) is 41.9 Å². The van der Waals surface area contributed by atoms with E-state index in [4.69, 9.17) is 5.73 Å². The third kappa shape index (κ3) is 4.41. The Morgan fingerprint density at radius 2 is 2.06 bits per heavy atom. The summed E-state index contributed by atoms with van der Waals surface area (Å²) in [5, 5.41) is 8.28. The second-order valence-corrected chi connectivity index (χ2v) is 8.03. The summed E-state index contributed by atoms with van der Waals surface area (Å²) in [5.41, 5.74) is 9.58. The molecule has 3 amide bonds. The van der Waals surface area contributed by atoms with Crippen LogP contribution in [0.2, 0.25) is 0 Å². The van der Waals surface area contributed by atoms with E-state index in [9.17, 15) is 14.4 Å². The zero-order valence-corrected chi connectivity index (χ0v) is 17.7. The predicted octanol–water partition coefficient (Wildman–Crippen LogP) is 2.48. The number of piperazine rings is 1. The van der Waals surface area contributed by atoms with Gasteiger partial charge >= 0.3 is 0 Å². The molecule has 4 N–H and O–H groups in total. The molecule has 0 bridgehead atoms. The molecule has 4 rings (SSSR count). The van der Waals surface area contributed by atoms with Crippen molar-refractivity contribution in [1.82, 2.24) is 15.2 Å². The van der Waals surface area contributed by atoms with Gasteiger partial charge in [0, 0.05) is 59.2 Å². The molecule has 0 unspecified atom stereocenters. The van der Waals surface area contributed by atoms with E-state index in [1.165, 1.54) is 29.2 Å². The summed E-state index contributed by atoms with van der Waals surface area (Å²) in [6.07, 6.45) is 4.82. The highest BCUT2D eigenvalue weighted by Gasteiger charge is 2.19. The molecular formula is C22H21N5O3S. The van der Waals surface area contributed by atoms with Crippen LogP contribution in [0, 0.1) is 0 Å². The van der Waals surface area contributed by atoms with E-state index in [0.717, 1.165) is 32.5 Å². The molecule has 3 aromatic rings. The molecule has 0 saturated carbocycles. The summed E-state index contributed by atoms with van der Waals surface area (Å²) >= 11 is 1.52. The Balaban J connectivity index is 1.63. The number of rotatable bonds is 4. The Kier molecular flexibility index (Phi) is 5.68. The second-order valence-electron chi connectivity index (χ2n) is 7.15. The molecule has 0 atom stereocenters. The summed E-state index contributed by atoms with van der Waals surface area (Å²) in [5.74, 6) is -0.0890. The predicted molar refractivity (Wildman–Crippen MR) is 122 cm³/mol. The number of nitrogens with zero attached hydrogens (tertiary/aromatic N) is 2. The SMILES string of the molecule is CC(=O)Nc1ccc(-c2csc3c(/C=C/C(=O)N4CCNC(=O)C4)cnc(N)c23)cc1. The van der Waals surface area contributed by atoms with Gasteiger partial charge in [0.2, 0.25) is 17.7 Å². The number of amides is 3. The van der Waals surface area contributed by atoms with Crippen LogP contribution in [0.5, 0.6) is 0 Å². The molecule has 1 fully saturated rings. The minimum Gasteiger partial charge on any atom is -0.383 e. The lowest BCUT2D eigenvalue weighted by atomic mass is 10.0. The Labute approximate surface area is 182 Å². The molecule has 0 aliphatic carbocycles. The molecule has 9 heteroatoms. The number of nitrogen functional groups attached to an aromatic ring is 1. The fourth-order valence-electron chi connectivity index (χ4n) is 3.45. The molecule has 8 nitrogen and oxygen atoms in total. The average Bonchev–Trinajstić information content (AvgIpc) is 3.19. The summed E-state index contributed by atoms with van der Waals surface area (Å²) < 4.78 is 0.925. The quantitative estimate of drug-likeness (QED) is 0.544. The van der Waals surface area contributed by atoms with E-state index < -0.39 is 0 Å². The maximum absolute atomic E-state index is 12.4. The number of hydrogen-bond donors (Lipinski definition) is 3. The Hall–Kier alpha value is -3.72. The largest absolute Gasteiger partial charge is 0.383 e. The van der Waals surface area contributed by atoms with Gasteiger partial charge in [0.05, 0.1) is 6.54 Å². The van der Waals surface area contributed by atoms with Crippen LogP contribution in [0.4, 0.5) is 11.5 Å². The number of carbonyl (C=O) groups excluding carboxylic acids is 3. The lowest BCUT2D eigenvalue weighted by Gasteiger charge is -2.25. The minimum absolute atomic E-state index is 0.0657. The highest BCUT2D eigenvalue weighted by Crippen LogP contribution is 2.39. The van der Waals surface area contributed by atoms with Gasteiger partial charge in [-0.2, -0.15) is 0 Å². The zero-order valence-electron chi connectivity index (χ0n) is 16.8. The molecule has 1 saturated heterocycles. The highest BCUT2D eigenvalue weighted by atomic mass is 32.1.